The van der Waals surface area contributed by atoms with Gasteiger partial charge >= 0.3 is 0 Å². The molecule has 1 aromatic carbocycles. The summed E-state index contributed by atoms with van der Waals surface area (Å²) in [6.07, 6.45) is 4.65. The maximum absolute atomic E-state index is 6.40. The number of benzene rings is 1. The van der Waals surface area contributed by atoms with E-state index in [2.05, 4.69) is 36.8 Å². The summed E-state index contributed by atoms with van der Waals surface area (Å²) in [5.74, 6) is 0.358. The molecule has 2 unspecified atom stereocenters. The van der Waals surface area contributed by atoms with Crippen molar-refractivity contribution < 1.29 is 4.74 Å². The molecule has 0 radical (unpaired) electrons. The average Bonchev–Trinajstić information content (AvgIpc) is 3.11. The number of hydrogen-bond acceptors (Lipinski definition) is 3. The molecule has 0 saturated carbocycles. The lowest BCUT2D eigenvalue weighted by Gasteiger charge is -2.20. The van der Waals surface area contributed by atoms with Gasteiger partial charge in [-0.15, -0.1) is 0 Å². The van der Waals surface area contributed by atoms with Crippen LogP contribution in [0.4, 0.5) is 0 Å². The Kier molecular flexibility index (Phi) is 4.26. The van der Waals surface area contributed by atoms with E-state index in [1.807, 2.05) is 29.0 Å². The molecule has 0 aliphatic carbocycles. The van der Waals surface area contributed by atoms with Crippen LogP contribution in [0, 0.1) is 5.92 Å². The fraction of sp³-hybridized carbons (Fsp3) is 0.357. The Labute approximate surface area is 134 Å². The highest BCUT2D eigenvalue weighted by atomic mass is 79.9. The number of imidazole rings is 1. The SMILES string of the molecule is NC(c1cncn1-c1cc(Br)ccc1Br)C1CCOC1. The molecule has 106 valence electrons. The molecular weight excluding hydrogens is 386 g/mol. The number of aromatic nitrogens is 2. The van der Waals surface area contributed by atoms with Crippen molar-refractivity contribution in [3.8, 4) is 5.69 Å². The molecule has 0 spiro atoms. The molecule has 20 heavy (non-hydrogen) atoms. The molecule has 0 amide bonds. The molecule has 2 heterocycles. The largest absolute Gasteiger partial charge is 0.381 e. The number of nitrogens with zero attached hydrogens (tertiary/aromatic N) is 2. The van der Waals surface area contributed by atoms with Crippen LogP contribution in [0.15, 0.2) is 39.7 Å². The third-order valence-electron chi connectivity index (χ3n) is 3.65. The van der Waals surface area contributed by atoms with Crippen LogP contribution in [-0.4, -0.2) is 22.8 Å². The monoisotopic (exact) mass is 399 g/mol. The lowest BCUT2D eigenvalue weighted by Crippen LogP contribution is -2.24. The zero-order chi connectivity index (χ0) is 14.1. The highest BCUT2D eigenvalue weighted by molar-refractivity contribution is 9.11. The number of hydrogen-bond donors (Lipinski definition) is 1. The molecule has 2 N–H and O–H groups in total. The summed E-state index contributed by atoms with van der Waals surface area (Å²) in [7, 11) is 0. The summed E-state index contributed by atoms with van der Waals surface area (Å²) in [4.78, 5) is 4.27. The third-order valence-corrected chi connectivity index (χ3v) is 4.81. The summed E-state index contributed by atoms with van der Waals surface area (Å²) in [6, 6.07) is 5.99. The summed E-state index contributed by atoms with van der Waals surface area (Å²) in [6.45, 7) is 1.53. The second-order valence-electron chi connectivity index (χ2n) is 4.93. The minimum atomic E-state index is -0.0640. The standard InChI is InChI=1S/C14H15Br2N3O/c15-10-1-2-11(16)12(5-10)19-8-18-6-13(19)14(17)9-3-4-20-7-9/h1-2,5-6,8-9,14H,3-4,7,17H2. The van der Waals surface area contributed by atoms with E-state index in [1.54, 1.807) is 6.33 Å². The second-order valence-corrected chi connectivity index (χ2v) is 6.70. The molecule has 1 aliphatic rings. The molecule has 1 saturated heterocycles. The van der Waals surface area contributed by atoms with E-state index < -0.39 is 0 Å². The minimum Gasteiger partial charge on any atom is -0.381 e. The van der Waals surface area contributed by atoms with Crippen LogP contribution in [0.5, 0.6) is 0 Å². The van der Waals surface area contributed by atoms with E-state index in [0.717, 1.165) is 40.0 Å². The number of ether oxygens (including phenoxy) is 1. The zero-order valence-corrected chi connectivity index (χ0v) is 14.0. The quantitative estimate of drug-likeness (QED) is 0.858. The van der Waals surface area contributed by atoms with Crippen LogP contribution in [0.2, 0.25) is 0 Å². The topological polar surface area (TPSA) is 53.1 Å². The average molecular weight is 401 g/mol. The van der Waals surface area contributed by atoms with Crippen molar-refractivity contribution in [2.45, 2.75) is 12.5 Å². The molecule has 6 heteroatoms. The van der Waals surface area contributed by atoms with E-state index in [4.69, 9.17) is 10.5 Å². The summed E-state index contributed by atoms with van der Waals surface area (Å²) < 4.78 is 9.51. The minimum absolute atomic E-state index is 0.0640. The van der Waals surface area contributed by atoms with Crippen molar-refractivity contribution in [2.24, 2.45) is 11.7 Å². The van der Waals surface area contributed by atoms with Gasteiger partial charge in [-0.3, -0.25) is 0 Å². The summed E-state index contributed by atoms with van der Waals surface area (Å²) in [5, 5.41) is 0. The fourth-order valence-electron chi connectivity index (χ4n) is 2.50. The Bertz CT molecular complexity index is 608. The highest BCUT2D eigenvalue weighted by Crippen LogP contribution is 2.31. The van der Waals surface area contributed by atoms with E-state index in [9.17, 15) is 0 Å². The van der Waals surface area contributed by atoms with Crippen LogP contribution in [-0.2, 0) is 4.74 Å². The Morgan fingerprint density at radius 3 is 3.00 bits per heavy atom. The van der Waals surface area contributed by atoms with Crippen molar-refractivity contribution in [1.82, 2.24) is 9.55 Å². The van der Waals surface area contributed by atoms with Crippen molar-refractivity contribution in [3.05, 3.63) is 45.4 Å². The van der Waals surface area contributed by atoms with Crippen molar-refractivity contribution in [3.63, 3.8) is 0 Å². The lowest BCUT2D eigenvalue weighted by molar-refractivity contribution is 0.180. The first-order chi connectivity index (χ1) is 9.66. The Morgan fingerprint density at radius 1 is 1.40 bits per heavy atom. The van der Waals surface area contributed by atoms with Gasteiger partial charge in [0.05, 0.1) is 36.6 Å². The van der Waals surface area contributed by atoms with Crippen LogP contribution in [0.25, 0.3) is 5.69 Å². The predicted octanol–water partition coefficient (Wildman–Crippen LogP) is 3.43. The van der Waals surface area contributed by atoms with Crippen molar-refractivity contribution in [2.75, 3.05) is 13.2 Å². The van der Waals surface area contributed by atoms with Crippen LogP contribution in [0.3, 0.4) is 0 Å². The molecule has 1 aromatic heterocycles. The molecule has 2 atom stereocenters. The first-order valence-electron chi connectivity index (χ1n) is 6.48. The molecule has 1 aliphatic heterocycles. The first kappa shape index (κ1) is 14.3. The first-order valence-corrected chi connectivity index (χ1v) is 8.06. The number of rotatable bonds is 3. The van der Waals surface area contributed by atoms with E-state index in [1.165, 1.54) is 0 Å². The van der Waals surface area contributed by atoms with Gasteiger partial charge in [0.15, 0.2) is 0 Å². The van der Waals surface area contributed by atoms with Gasteiger partial charge in [0.2, 0.25) is 0 Å². The predicted molar refractivity (Wildman–Crippen MR) is 84.8 cm³/mol. The van der Waals surface area contributed by atoms with Gasteiger partial charge in [-0.2, -0.15) is 0 Å². The Balaban J connectivity index is 1.99. The number of nitrogens with two attached hydrogens (primary N) is 1. The van der Waals surface area contributed by atoms with E-state index >= 15 is 0 Å². The summed E-state index contributed by atoms with van der Waals surface area (Å²) >= 11 is 7.09. The smallest absolute Gasteiger partial charge is 0.0995 e. The van der Waals surface area contributed by atoms with E-state index in [-0.39, 0.29) is 6.04 Å². The second kappa shape index (κ2) is 5.97. The van der Waals surface area contributed by atoms with Gasteiger partial charge in [-0.1, -0.05) is 15.9 Å². The van der Waals surface area contributed by atoms with Gasteiger partial charge in [-0.25, -0.2) is 4.98 Å². The summed E-state index contributed by atoms with van der Waals surface area (Å²) in [5.41, 5.74) is 8.45. The number of halogens is 2. The molecule has 4 nitrogen and oxygen atoms in total. The van der Waals surface area contributed by atoms with Crippen LogP contribution < -0.4 is 5.73 Å². The van der Waals surface area contributed by atoms with Crippen LogP contribution >= 0.6 is 31.9 Å². The Hall–Kier alpha value is -0.690. The maximum Gasteiger partial charge on any atom is 0.0995 e. The van der Waals surface area contributed by atoms with Gasteiger partial charge in [0, 0.05) is 21.5 Å². The van der Waals surface area contributed by atoms with Gasteiger partial charge in [0.1, 0.15) is 0 Å². The highest BCUT2D eigenvalue weighted by Gasteiger charge is 2.26. The van der Waals surface area contributed by atoms with Crippen LogP contribution in [0.1, 0.15) is 18.2 Å². The van der Waals surface area contributed by atoms with Gasteiger partial charge < -0.3 is 15.0 Å². The van der Waals surface area contributed by atoms with Gasteiger partial charge in [-0.05, 0) is 40.5 Å². The molecule has 0 bridgehead atoms. The zero-order valence-electron chi connectivity index (χ0n) is 10.8. The normalized spacial score (nSPS) is 20.2. The fourth-order valence-corrected chi connectivity index (χ4v) is 3.29. The van der Waals surface area contributed by atoms with Crippen molar-refractivity contribution >= 4 is 31.9 Å². The Morgan fingerprint density at radius 2 is 2.25 bits per heavy atom. The van der Waals surface area contributed by atoms with E-state index in [0.29, 0.717) is 5.92 Å². The lowest BCUT2D eigenvalue weighted by atomic mass is 9.97. The molecular formula is C14H15Br2N3O. The van der Waals surface area contributed by atoms with Crippen molar-refractivity contribution in [1.29, 1.82) is 0 Å². The molecule has 2 aromatic rings. The third kappa shape index (κ3) is 2.70. The maximum atomic E-state index is 6.40. The molecule has 3 rings (SSSR count). The molecule has 1 fully saturated rings. The van der Waals surface area contributed by atoms with Gasteiger partial charge in [0.25, 0.3) is 0 Å².